The zero-order valence-electron chi connectivity index (χ0n) is 11.3. The number of likely N-dealkylation sites (tertiary alicyclic amines) is 1. The van der Waals surface area contributed by atoms with Crippen molar-refractivity contribution < 1.29 is 19.5 Å². The largest absolute Gasteiger partial charge is 0.478 e. The Morgan fingerprint density at radius 1 is 1.29 bits per heavy atom. The van der Waals surface area contributed by atoms with Crippen LogP contribution in [0.25, 0.3) is 6.08 Å². The van der Waals surface area contributed by atoms with Crippen LogP contribution in [0.5, 0.6) is 0 Å². The number of imide groups is 1. The predicted octanol–water partition coefficient (Wildman–Crippen LogP) is 2.13. The third kappa shape index (κ3) is 2.76. The molecule has 2 bridgehead atoms. The molecule has 2 heterocycles. The highest BCUT2D eigenvalue weighted by molar-refractivity contribution is 7.12. The number of carboxylic acids is 1. The molecule has 0 radical (unpaired) electrons. The monoisotopic (exact) mass is 305 g/mol. The Kier molecular flexibility index (Phi) is 3.63. The number of nitrogens with zero attached hydrogens (tertiary/aromatic N) is 1. The first-order valence-corrected chi connectivity index (χ1v) is 7.71. The number of thiophene rings is 1. The SMILES string of the molecule is O=C(O)/C=C/c1ccc(CN2C(=O)C3CCC(C3)C2=O)s1. The van der Waals surface area contributed by atoms with Gasteiger partial charge in [-0.2, -0.15) is 0 Å². The lowest BCUT2D eigenvalue weighted by molar-refractivity contribution is -0.153. The summed E-state index contributed by atoms with van der Waals surface area (Å²) < 4.78 is 0. The highest BCUT2D eigenvalue weighted by atomic mass is 32.1. The van der Waals surface area contributed by atoms with Gasteiger partial charge in [-0.3, -0.25) is 14.5 Å². The van der Waals surface area contributed by atoms with Crippen molar-refractivity contribution in [3.63, 3.8) is 0 Å². The van der Waals surface area contributed by atoms with E-state index in [1.165, 1.54) is 22.3 Å². The van der Waals surface area contributed by atoms with Gasteiger partial charge in [-0.25, -0.2) is 4.79 Å². The Bertz CT molecular complexity index is 611. The van der Waals surface area contributed by atoms with E-state index in [4.69, 9.17) is 5.11 Å². The molecule has 0 spiro atoms. The first kappa shape index (κ1) is 14.0. The molecule has 2 amide bonds. The maximum absolute atomic E-state index is 12.2. The lowest BCUT2D eigenvalue weighted by atomic mass is 9.97. The van der Waals surface area contributed by atoms with E-state index >= 15 is 0 Å². The number of carbonyl (C=O) groups excluding carboxylic acids is 2. The van der Waals surface area contributed by atoms with Crippen molar-refractivity contribution in [1.82, 2.24) is 4.90 Å². The van der Waals surface area contributed by atoms with Crippen LogP contribution in [0.2, 0.25) is 0 Å². The maximum Gasteiger partial charge on any atom is 0.328 e. The molecule has 1 saturated carbocycles. The molecule has 110 valence electrons. The van der Waals surface area contributed by atoms with Gasteiger partial charge < -0.3 is 5.11 Å². The van der Waals surface area contributed by atoms with Gasteiger partial charge in [-0.1, -0.05) is 0 Å². The Morgan fingerprint density at radius 2 is 1.95 bits per heavy atom. The fourth-order valence-electron chi connectivity index (χ4n) is 3.01. The van der Waals surface area contributed by atoms with Gasteiger partial charge >= 0.3 is 5.97 Å². The average Bonchev–Trinajstić information content (AvgIpc) is 3.07. The number of carbonyl (C=O) groups is 3. The molecule has 21 heavy (non-hydrogen) atoms. The molecular weight excluding hydrogens is 290 g/mol. The van der Waals surface area contributed by atoms with Crippen LogP contribution in [0.15, 0.2) is 18.2 Å². The van der Waals surface area contributed by atoms with Gasteiger partial charge in [-0.05, 0) is 37.5 Å². The Balaban J connectivity index is 1.73. The van der Waals surface area contributed by atoms with Crippen molar-refractivity contribution in [3.05, 3.63) is 28.0 Å². The fourth-order valence-corrected chi connectivity index (χ4v) is 3.92. The van der Waals surface area contributed by atoms with Crippen molar-refractivity contribution >= 4 is 35.2 Å². The minimum atomic E-state index is -0.997. The zero-order valence-corrected chi connectivity index (χ0v) is 12.1. The first-order chi connectivity index (χ1) is 10.0. The quantitative estimate of drug-likeness (QED) is 0.683. The second kappa shape index (κ2) is 5.44. The third-order valence-corrected chi connectivity index (χ3v) is 5.08. The summed E-state index contributed by atoms with van der Waals surface area (Å²) in [6.07, 6.45) is 4.95. The zero-order chi connectivity index (χ0) is 15.0. The molecule has 1 aromatic heterocycles. The standard InChI is InChI=1S/C15H15NO4S/c17-13(18)6-5-11-3-4-12(21-11)8-16-14(19)9-1-2-10(7-9)15(16)20/h3-6,9-10H,1-2,7-8H2,(H,17,18)/b6-5+. The smallest absolute Gasteiger partial charge is 0.328 e. The molecule has 2 fully saturated rings. The third-order valence-electron chi connectivity index (χ3n) is 4.05. The van der Waals surface area contributed by atoms with Crippen molar-refractivity contribution in [3.8, 4) is 0 Å². The second-order valence-electron chi connectivity index (χ2n) is 5.45. The lowest BCUT2D eigenvalue weighted by Crippen LogP contribution is -2.45. The molecule has 3 rings (SSSR count). The van der Waals surface area contributed by atoms with E-state index in [0.717, 1.165) is 28.7 Å². The van der Waals surface area contributed by atoms with Crippen LogP contribution in [0.1, 0.15) is 29.0 Å². The number of fused-ring (bicyclic) bond motifs is 2. The Hall–Kier alpha value is -1.95. The van der Waals surface area contributed by atoms with Gasteiger partial charge in [0.15, 0.2) is 0 Å². The van der Waals surface area contributed by atoms with E-state index in [0.29, 0.717) is 13.0 Å². The second-order valence-corrected chi connectivity index (χ2v) is 6.65. The van der Waals surface area contributed by atoms with Crippen molar-refractivity contribution in [2.75, 3.05) is 0 Å². The summed E-state index contributed by atoms with van der Waals surface area (Å²) >= 11 is 1.40. The molecule has 0 aromatic carbocycles. The normalized spacial score (nSPS) is 25.0. The van der Waals surface area contributed by atoms with Crippen LogP contribution in [0.3, 0.4) is 0 Å². The summed E-state index contributed by atoms with van der Waals surface area (Å²) in [6, 6.07) is 3.64. The van der Waals surface area contributed by atoms with E-state index in [1.54, 1.807) is 6.07 Å². The number of amides is 2. The minimum absolute atomic E-state index is 0.0130. The van der Waals surface area contributed by atoms with Crippen LogP contribution in [0.4, 0.5) is 0 Å². The van der Waals surface area contributed by atoms with Gasteiger partial charge in [0, 0.05) is 27.7 Å². The summed E-state index contributed by atoms with van der Waals surface area (Å²) in [6.45, 7) is 0.302. The maximum atomic E-state index is 12.2. The van der Waals surface area contributed by atoms with Crippen molar-refractivity contribution in [1.29, 1.82) is 0 Å². The van der Waals surface area contributed by atoms with E-state index < -0.39 is 5.97 Å². The van der Waals surface area contributed by atoms with E-state index in [1.807, 2.05) is 6.07 Å². The molecule has 2 atom stereocenters. The van der Waals surface area contributed by atoms with Crippen molar-refractivity contribution in [2.45, 2.75) is 25.8 Å². The Morgan fingerprint density at radius 3 is 2.57 bits per heavy atom. The lowest BCUT2D eigenvalue weighted by Gasteiger charge is -2.29. The number of aliphatic carboxylic acids is 1. The summed E-state index contributed by atoms with van der Waals surface area (Å²) in [5.41, 5.74) is 0. The van der Waals surface area contributed by atoms with Crippen LogP contribution in [0, 0.1) is 11.8 Å². The number of carboxylic acid groups (broad SMARTS) is 1. The topological polar surface area (TPSA) is 74.7 Å². The van der Waals surface area contributed by atoms with E-state index in [-0.39, 0.29) is 23.7 Å². The van der Waals surface area contributed by atoms with Crippen LogP contribution in [-0.4, -0.2) is 27.8 Å². The van der Waals surface area contributed by atoms with E-state index in [2.05, 4.69) is 0 Å². The van der Waals surface area contributed by atoms with Crippen LogP contribution < -0.4 is 0 Å². The average molecular weight is 305 g/mol. The van der Waals surface area contributed by atoms with Crippen LogP contribution >= 0.6 is 11.3 Å². The molecule has 1 aliphatic heterocycles. The van der Waals surface area contributed by atoms with Crippen LogP contribution in [-0.2, 0) is 20.9 Å². The Labute approximate surface area is 125 Å². The van der Waals surface area contributed by atoms with Crippen molar-refractivity contribution in [2.24, 2.45) is 11.8 Å². The molecule has 1 aliphatic carbocycles. The molecule has 1 aromatic rings. The number of hydrogen-bond acceptors (Lipinski definition) is 4. The number of hydrogen-bond donors (Lipinski definition) is 1. The first-order valence-electron chi connectivity index (χ1n) is 6.89. The molecule has 5 nitrogen and oxygen atoms in total. The number of rotatable bonds is 4. The molecule has 2 unspecified atom stereocenters. The van der Waals surface area contributed by atoms with Gasteiger partial charge in [-0.15, -0.1) is 11.3 Å². The predicted molar refractivity (Wildman–Crippen MR) is 77.4 cm³/mol. The molecule has 6 heteroatoms. The van der Waals surface area contributed by atoms with Gasteiger partial charge in [0.1, 0.15) is 0 Å². The highest BCUT2D eigenvalue weighted by Crippen LogP contribution is 2.39. The van der Waals surface area contributed by atoms with Gasteiger partial charge in [0.2, 0.25) is 11.8 Å². The molecular formula is C15H15NO4S. The summed E-state index contributed by atoms with van der Waals surface area (Å²) in [5, 5.41) is 8.60. The molecule has 1 saturated heterocycles. The molecule has 1 N–H and O–H groups in total. The summed E-state index contributed by atoms with van der Waals surface area (Å²) in [4.78, 5) is 38.0. The summed E-state index contributed by atoms with van der Waals surface area (Å²) in [5.74, 6) is -1.07. The van der Waals surface area contributed by atoms with E-state index in [9.17, 15) is 14.4 Å². The summed E-state index contributed by atoms with van der Waals surface area (Å²) in [7, 11) is 0. The fraction of sp³-hybridized carbons (Fsp3) is 0.400. The highest BCUT2D eigenvalue weighted by Gasteiger charge is 2.45. The minimum Gasteiger partial charge on any atom is -0.478 e. The number of piperidine rings is 1. The van der Waals surface area contributed by atoms with Gasteiger partial charge in [0.25, 0.3) is 0 Å². The molecule has 2 aliphatic rings. The van der Waals surface area contributed by atoms with Gasteiger partial charge in [0.05, 0.1) is 6.54 Å².